The predicted molar refractivity (Wildman–Crippen MR) is 141 cm³/mol. The molecule has 0 saturated heterocycles. The smallest absolute Gasteiger partial charge is 0.413 e. The van der Waals surface area contributed by atoms with E-state index in [-0.39, 0.29) is 47.4 Å². The van der Waals surface area contributed by atoms with Crippen LogP contribution in [0.4, 0.5) is 26.4 Å². The van der Waals surface area contributed by atoms with E-state index in [9.17, 15) is 9.59 Å². The van der Waals surface area contributed by atoms with Gasteiger partial charge < -0.3 is 25.4 Å². The van der Waals surface area contributed by atoms with Crippen molar-refractivity contribution in [2.45, 2.75) is 25.9 Å². The average molecular weight is 531 g/mol. The number of rotatable bonds is 4. The Hall–Kier alpha value is -3.86. The van der Waals surface area contributed by atoms with Crippen LogP contribution in [0.15, 0.2) is 24.5 Å². The summed E-state index contributed by atoms with van der Waals surface area (Å²) in [5.41, 5.74) is 8.46. The summed E-state index contributed by atoms with van der Waals surface area (Å²) in [5.74, 6) is 0.0449. The Labute approximate surface area is 219 Å². The largest absolute Gasteiger partial charge is 0.474 e. The summed E-state index contributed by atoms with van der Waals surface area (Å²) in [4.78, 5) is 34.4. The Morgan fingerprint density at radius 1 is 1.22 bits per heavy atom. The molecular formula is C25H28ClFN6O4. The number of carbonyl (C=O) groups is 2. The third-order valence-electron chi connectivity index (χ3n) is 6.62. The van der Waals surface area contributed by atoms with Crippen LogP contribution < -0.4 is 21.1 Å². The van der Waals surface area contributed by atoms with E-state index in [1.165, 1.54) is 11.1 Å². The minimum atomic E-state index is -0.668. The predicted octanol–water partition coefficient (Wildman–Crippen LogP) is 3.97. The van der Waals surface area contributed by atoms with Gasteiger partial charge in [0.2, 0.25) is 11.8 Å². The number of nitrogens with two attached hydrogens (primary N) is 1. The lowest BCUT2D eigenvalue weighted by Gasteiger charge is -2.34. The quantitative estimate of drug-likeness (QED) is 0.432. The molecular weight excluding hydrogens is 503 g/mol. The van der Waals surface area contributed by atoms with Gasteiger partial charge in [-0.15, -0.1) is 12.4 Å². The highest BCUT2D eigenvalue weighted by atomic mass is 35.5. The van der Waals surface area contributed by atoms with E-state index in [1.807, 2.05) is 6.92 Å². The first kappa shape index (κ1) is 26.2. The van der Waals surface area contributed by atoms with Crippen molar-refractivity contribution < 1.29 is 23.5 Å². The maximum absolute atomic E-state index is 15.3. The number of halogens is 2. The molecule has 4 N–H and O–H groups in total. The molecule has 2 aliphatic rings. The summed E-state index contributed by atoms with van der Waals surface area (Å²) in [7, 11) is 3.40. The van der Waals surface area contributed by atoms with Crippen molar-refractivity contribution in [1.29, 1.82) is 0 Å². The summed E-state index contributed by atoms with van der Waals surface area (Å²) in [6.45, 7) is 3.01. The summed E-state index contributed by atoms with van der Waals surface area (Å²) < 4.78 is 26.3. The van der Waals surface area contributed by atoms with Gasteiger partial charge in [-0.25, -0.2) is 19.2 Å². The fraction of sp³-hybridized carbons (Fsp3) is 0.360. The maximum atomic E-state index is 15.3. The molecule has 196 valence electrons. The number of nitrogens with zero attached hydrogens (tertiary/aromatic N) is 3. The molecule has 1 aromatic carbocycles. The van der Waals surface area contributed by atoms with Crippen LogP contribution in [0.25, 0.3) is 21.9 Å². The fourth-order valence-corrected chi connectivity index (χ4v) is 4.57. The highest BCUT2D eigenvalue weighted by Crippen LogP contribution is 2.39. The normalized spacial score (nSPS) is 17.8. The SMILES string of the molecule is Cc1c(-c2cc3cc(NC(=O)OC4CC(C(=O)N(C)C)C4)ncc3c(N)c2F)cnc2c1NCCO2.Cl. The van der Waals surface area contributed by atoms with E-state index in [1.54, 1.807) is 32.4 Å². The lowest BCUT2D eigenvalue weighted by molar-refractivity contribution is -0.139. The molecule has 3 aromatic rings. The minimum absolute atomic E-state index is 0. The first-order chi connectivity index (χ1) is 17.2. The standard InChI is InChI=1S/C25H27FN6O4.ClH/c1-12-17(10-30-23-22(12)28-4-5-35-23)16-8-13-9-19(29-11-18(13)21(27)20(16)26)31-25(34)36-15-6-14(7-15)24(33)32(2)3;/h8-11,14-15,28H,4-7,27H2,1-3H3,(H,29,31,34);1H. The number of amides is 2. The Morgan fingerprint density at radius 3 is 2.70 bits per heavy atom. The second-order valence-corrected chi connectivity index (χ2v) is 9.25. The first-order valence-electron chi connectivity index (χ1n) is 11.7. The molecule has 0 spiro atoms. The molecule has 2 amide bonds. The molecule has 0 unspecified atom stereocenters. The van der Waals surface area contributed by atoms with Gasteiger partial charge in [-0.1, -0.05) is 0 Å². The summed E-state index contributed by atoms with van der Waals surface area (Å²) in [6, 6.07) is 3.26. The van der Waals surface area contributed by atoms with Crippen LogP contribution in [0.2, 0.25) is 0 Å². The van der Waals surface area contributed by atoms with Crippen molar-refractivity contribution in [2.75, 3.05) is 43.6 Å². The molecule has 12 heteroatoms. The van der Waals surface area contributed by atoms with E-state index in [0.29, 0.717) is 48.2 Å². The number of pyridine rings is 2. The van der Waals surface area contributed by atoms with Crippen molar-refractivity contribution in [1.82, 2.24) is 14.9 Å². The summed E-state index contributed by atoms with van der Waals surface area (Å²) in [5, 5.41) is 6.87. The molecule has 3 heterocycles. The monoisotopic (exact) mass is 530 g/mol. The zero-order chi connectivity index (χ0) is 25.6. The van der Waals surface area contributed by atoms with E-state index in [0.717, 1.165) is 11.3 Å². The van der Waals surface area contributed by atoms with E-state index >= 15 is 4.39 Å². The van der Waals surface area contributed by atoms with Gasteiger partial charge >= 0.3 is 6.09 Å². The molecule has 1 fully saturated rings. The Kier molecular flexibility index (Phi) is 7.26. The van der Waals surface area contributed by atoms with Gasteiger partial charge in [0.25, 0.3) is 0 Å². The first-order valence-corrected chi connectivity index (χ1v) is 11.7. The van der Waals surface area contributed by atoms with Crippen LogP contribution in [-0.4, -0.2) is 60.2 Å². The third-order valence-corrected chi connectivity index (χ3v) is 6.62. The highest BCUT2D eigenvalue weighted by Gasteiger charge is 2.37. The Balaban J connectivity index is 0.00000320. The molecule has 0 bridgehead atoms. The molecule has 10 nitrogen and oxygen atoms in total. The molecule has 0 radical (unpaired) electrons. The molecule has 1 aliphatic carbocycles. The second-order valence-electron chi connectivity index (χ2n) is 9.25. The average Bonchev–Trinajstić information content (AvgIpc) is 2.83. The van der Waals surface area contributed by atoms with Crippen LogP contribution in [-0.2, 0) is 9.53 Å². The van der Waals surface area contributed by atoms with E-state index in [4.69, 9.17) is 15.2 Å². The number of fused-ring (bicyclic) bond motifs is 2. The van der Waals surface area contributed by atoms with Crippen LogP contribution in [0, 0.1) is 18.7 Å². The lowest BCUT2D eigenvalue weighted by Crippen LogP contribution is -2.43. The van der Waals surface area contributed by atoms with Gasteiger partial charge in [-0.3, -0.25) is 10.1 Å². The number of hydrogen-bond acceptors (Lipinski definition) is 8. The van der Waals surface area contributed by atoms with Crippen molar-refractivity contribution in [3.63, 3.8) is 0 Å². The van der Waals surface area contributed by atoms with Gasteiger partial charge in [-0.2, -0.15) is 0 Å². The lowest BCUT2D eigenvalue weighted by atomic mass is 9.81. The van der Waals surface area contributed by atoms with Crippen molar-refractivity contribution >= 4 is 52.4 Å². The van der Waals surface area contributed by atoms with Crippen LogP contribution in [0.1, 0.15) is 18.4 Å². The van der Waals surface area contributed by atoms with Gasteiger partial charge in [-0.05, 0) is 42.8 Å². The van der Waals surface area contributed by atoms with Crippen molar-refractivity contribution in [2.24, 2.45) is 5.92 Å². The number of aromatic nitrogens is 2. The Morgan fingerprint density at radius 2 is 1.97 bits per heavy atom. The molecule has 2 aromatic heterocycles. The second kappa shape index (κ2) is 10.3. The van der Waals surface area contributed by atoms with Gasteiger partial charge in [0, 0.05) is 55.5 Å². The van der Waals surface area contributed by atoms with Crippen LogP contribution in [0.3, 0.4) is 0 Å². The zero-order valence-corrected chi connectivity index (χ0v) is 21.4. The molecule has 0 atom stereocenters. The third kappa shape index (κ3) is 4.91. The van der Waals surface area contributed by atoms with Gasteiger partial charge in [0.15, 0.2) is 5.82 Å². The zero-order valence-electron chi connectivity index (χ0n) is 20.6. The molecule has 37 heavy (non-hydrogen) atoms. The summed E-state index contributed by atoms with van der Waals surface area (Å²) >= 11 is 0. The van der Waals surface area contributed by atoms with Crippen LogP contribution in [0.5, 0.6) is 5.88 Å². The number of nitrogens with one attached hydrogen (secondary N) is 2. The van der Waals surface area contributed by atoms with E-state index < -0.39 is 11.9 Å². The van der Waals surface area contributed by atoms with Crippen molar-refractivity contribution in [3.05, 3.63) is 35.9 Å². The number of nitrogen functional groups attached to an aromatic ring is 1. The topological polar surface area (TPSA) is 132 Å². The Bertz CT molecular complexity index is 1380. The molecule has 1 aliphatic heterocycles. The number of ether oxygens (including phenoxy) is 2. The van der Waals surface area contributed by atoms with E-state index in [2.05, 4.69) is 20.6 Å². The minimum Gasteiger partial charge on any atom is -0.474 e. The van der Waals surface area contributed by atoms with Crippen molar-refractivity contribution in [3.8, 4) is 17.0 Å². The summed E-state index contributed by atoms with van der Waals surface area (Å²) in [6.07, 6.45) is 2.96. The van der Waals surface area contributed by atoms with Gasteiger partial charge in [0.1, 0.15) is 24.2 Å². The maximum Gasteiger partial charge on any atom is 0.413 e. The number of carbonyl (C=O) groups excluding carboxylic acids is 2. The highest BCUT2D eigenvalue weighted by molar-refractivity contribution is 5.99. The number of hydrogen-bond donors (Lipinski definition) is 3. The number of benzene rings is 1. The molecule has 1 saturated carbocycles. The fourth-order valence-electron chi connectivity index (χ4n) is 4.57. The van der Waals surface area contributed by atoms with Gasteiger partial charge in [0.05, 0.1) is 5.69 Å². The van der Waals surface area contributed by atoms with Crippen LogP contribution >= 0.6 is 12.4 Å². The number of anilines is 3. The molecule has 5 rings (SSSR count).